The van der Waals surface area contributed by atoms with Gasteiger partial charge in [-0.1, -0.05) is 0 Å². The van der Waals surface area contributed by atoms with E-state index in [2.05, 4.69) is 0 Å². The molecule has 2 aromatic carbocycles. The number of nitrogens with zero attached hydrogens (tertiary/aromatic N) is 1. The lowest BCUT2D eigenvalue weighted by molar-refractivity contribution is 0.440. The van der Waals surface area contributed by atoms with Crippen LogP contribution in [0.1, 0.15) is 11.6 Å². The fourth-order valence-corrected chi connectivity index (χ4v) is 2.18. The second kappa shape index (κ2) is 5.71. The van der Waals surface area contributed by atoms with Crippen LogP contribution in [0, 0.1) is 0 Å². The SMILES string of the molecule is CN(c1ccc(O)cc1)C(CN)c1ccc(O)cc1O. The normalized spacial score (nSPS) is 12.1. The summed E-state index contributed by atoms with van der Waals surface area (Å²) in [5.74, 6) is 0.208. The van der Waals surface area contributed by atoms with E-state index in [0.29, 0.717) is 12.1 Å². The number of nitrogens with two attached hydrogens (primary N) is 1. The zero-order valence-corrected chi connectivity index (χ0v) is 11.2. The van der Waals surface area contributed by atoms with Crippen molar-refractivity contribution in [3.8, 4) is 17.2 Å². The van der Waals surface area contributed by atoms with E-state index in [9.17, 15) is 15.3 Å². The third-order valence-corrected chi connectivity index (χ3v) is 3.32. The lowest BCUT2D eigenvalue weighted by Gasteiger charge is -2.30. The number of anilines is 1. The Bertz CT molecular complexity index is 584. The largest absolute Gasteiger partial charge is 0.508 e. The minimum absolute atomic E-state index is 0.00563. The molecule has 20 heavy (non-hydrogen) atoms. The van der Waals surface area contributed by atoms with Crippen molar-refractivity contribution in [1.29, 1.82) is 0 Å². The Morgan fingerprint density at radius 1 is 1.00 bits per heavy atom. The van der Waals surface area contributed by atoms with Crippen molar-refractivity contribution < 1.29 is 15.3 Å². The molecule has 0 spiro atoms. The van der Waals surface area contributed by atoms with Gasteiger partial charge in [0.15, 0.2) is 0 Å². The number of rotatable bonds is 4. The molecule has 0 heterocycles. The van der Waals surface area contributed by atoms with Crippen LogP contribution in [0.15, 0.2) is 42.5 Å². The maximum absolute atomic E-state index is 9.95. The van der Waals surface area contributed by atoms with Gasteiger partial charge in [-0.2, -0.15) is 0 Å². The molecule has 2 aromatic rings. The van der Waals surface area contributed by atoms with Crippen LogP contribution in [0.25, 0.3) is 0 Å². The van der Waals surface area contributed by atoms with Crippen LogP contribution >= 0.6 is 0 Å². The first-order chi connectivity index (χ1) is 9.52. The molecule has 0 saturated heterocycles. The van der Waals surface area contributed by atoms with Crippen molar-refractivity contribution in [2.24, 2.45) is 5.73 Å². The summed E-state index contributed by atoms with van der Waals surface area (Å²) in [5.41, 5.74) is 7.32. The molecule has 0 fully saturated rings. The number of aromatic hydroxyl groups is 3. The molecule has 0 aliphatic carbocycles. The summed E-state index contributed by atoms with van der Waals surface area (Å²) in [4.78, 5) is 1.91. The van der Waals surface area contributed by atoms with Gasteiger partial charge in [0, 0.05) is 30.9 Å². The highest BCUT2D eigenvalue weighted by molar-refractivity contribution is 5.52. The second-order valence-corrected chi connectivity index (χ2v) is 4.62. The quantitative estimate of drug-likeness (QED) is 0.684. The van der Waals surface area contributed by atoms with E-state index in [1.165, 1.54) is 12.1 Å². The van der Waals surface area contributed by atoms with Gasteiger partial charge in [0.2, 0.25) is 0 Å². The van der Waals surface area contributed by atoms with Crippen LogP contribution in [0.4, 0.5) is 5.69 Å². The summed E-state index contributed by atoms with van der Waals surface area (Å²) in [7, 11) is 1.86. The van der Waals surface area contributed by atoms with Crippen molar-refractivity contribution in [3.05, 3.63) is 48.0 Å². The molecule has 0 aliphatic heterocycles. The van der Waals surface area contributed by atoms with Crippen LogP contribution < -0.4 is 10.6 Å². The molecule has 5 N–H and O–H groups in total. The summed E-state index contributed by atoms with van der Waals surface area (Å²) >= 11 is 0. The molecular formula is C15H18N2O3. The van der Waals surface area contributed by atoms with E-state index in [0.717, 1.165) is 5.69 Å². The Morgan fingerprint density at radius 3 is 2.15 bits per heavy atom. The summed E-state index contributed by atoms with van der Waals surface area (Å²) in [5, 5.41) is 28.6. The number of phenols is 3. The standard InChI is InChI=1S/C15H18N2O3/c1-17(10-2-4-11(18)5-3-10)14(9-16)13-7-6-12(19)8-15(13)20/h2-8,14,18-20H,9,16H2,1H3. The van der Waals surface area contributed by atoms with Crippen molar-refractivity contribution >= 4 is 5.69 Å². The zero-order chi connectivity index (χ0) is 14.7. The average Bonchev–Trinajstić information content (AvgIpc) is 2.42. The van der Waals surface area contributed by atoms with Crippen LogP contribution in [-0.2, 0) is 0 Å². The van der Waals surface area contributed by atoms with Gasteiger partial charge in [-0.15, -0.1) is 0 Å². The van der Waals surface area contributed by atoms with Gasteiger partial charge in [0.25, 0.3) is 0 Å². The Morgan fingerprint density at radius 2 is 1.60 bits per heavy atom. The predicted molar refractivity (Wildman–Crippen MR) is 78.1 cm³/mol. The van der Waals surface area contributed by atoms with Crippen LogP contribution in [-0.4, -0.2) is 28.9 Å². The van der Waals surface area contributed by atoms with E-state index in [1.807, 2.05) is 11.9 Å². The zero-order valence-electron chi connectivity index (χ0n) is 11.2. The van der Waals surface area contributed by atoms with Gasteiger partial charge in [-0.05, 0) is 36.4 Å². The molecule has 0 bridgehead atoms. The van der Waals surface area contributed by atoms with Gasteiger partial charge >= 0.3 is 0 Å². The highest BCUT2D eigenvalue weighted by atomic mass is 16.3. The predicted octanol–water partition coefficient (Wildman–Crippen LogP) is 1.94. The first-order valence-corrected chi connectivity index (χ1v) is 6.26. The molecule has 0 saturated carbocycles. The van der Waals surface area contributed by atoms with Gasteiger partial charge in [-0.25, -0.2) is 0 Å². The number of hydrogen-bond acceptors (Lipinski definition) is 5. The lowest BCUT2D eigenvalue weighted by atomic mass is 10.0. The minimum atomic E-state index is -0.236. The Labute approximate surface area is 117 Å². The fourth-order valence-electron chi connectivity index (χ4n) is 2.18. The van der Waals surface area contributed by atoms with E-state index in [-0.39, 0.29) is 23.3 Å². The molecule has 1 atom stereocenters. The first-order valence-electron chi connectivity index (χ1n) is 6.26. The Hall–Kier alpha value is -2.40. The smallest absolute Gasteiger partial charge is 0.124 e. The summed E-state index contributed by atoms with van der Waals surface area (Å²) in [6.07, 6.45) is 0. The number of phenolic OH excluding ortho intramolecular Hbond substituents is 3. The fraction of sp³-hybridized carbons (Fsp3) is 0.200. The molecule has 5 heteroatoms. The average molecular weight is 274 g/mol. The molecule has 1 unspecified atom stereocenters. The summed E-state index contributed by atoms with van der Waals surface area (Å²) in [6, 6.07) is 11.0. The molecule has 0 amide bonds. The van der Waals surface area contributed by atoms with Crippen molar-refractivity contribution in [3.63, 3.8) is 0 Å². The van der Waals surface area contributed by atoms with Gasteiger partial charge in [0.05, 0.1) is 6.04 Å². The monoisotopic (exact) mass is 274 g/mol. The third kappa shape index (κ3) is 2.78. The second-order valence-electron chi connectivity index (χ2n) is 4.62. The van der Waals surface area contributed by atoms with Crippen molar-refractivity contribution in [1.82, 2.24) is 0 Å². The van der Waals surface area contributed by atoms with Gasteiger partial charge in [-0.3, -0.25) is 0 Å². The van der Waals surface area contributed by atoms with E-state index in [4.69, 9.17) is 5.73 Å². The van der Waals surface area contributed by atoms with Crippen molar-refractivity contribution in [2.75, 3.05) is 18.5 Å². The number of benzene rings is 2. The van der Waals surface area contributed by atoms with E-state index in [1.54, 1.807) is 30.3 Å². The molecule has 0 aromatic heterocycles. The molecule has 0 radical (unpaired) electrons. The van der Waals surface area contributed by atoms with Crippen LogP contribution in [0.3, 0.4) is 0 Å². The van der Waals surface area contributed by atoms with Crippen LogP contribution in [0.2, 0.25) is 0 Å². The molecule has 106 valence electrons. The van der Waals surface area contributed by atoms with Gasteiger partial charge in [0.1, 0.15) is 17.2 Å². The molecular weight excluding hydrogens is 256 g/mol. The molecule has 0 aliphatic rings. The van der Waals surface area contributed by atoms with Crippen molar-refractivity contribution in [2.45, 2.75) is 6.04 Å². The van der Waals surface area contributed by atoms with Gasteiger partial charge < -0.3 is 26.0 Å². The van der Waals surface area contributed by atoms with E-state index < -0.39 is 0 Å². The Balaban J connectivity index is 2.33. The molecule has 5 nitrogen and oxygen atoms in total. The summed E-state index contributed by atoms with van der Waals surface area (Å²) < 4.78 is 0. The maximum Gasteiger partial charge on any atom is 0.124 e. The highest BCUT2D eigenvalue weighted by Crippen LogP contribution is 2.33. The topological polar surface area (TPSA) is 90.0 Å². The maximum atomic E-state index is 9.95. The van der Waals surface area contributed by atoms with E-state index >= 15 is 0 Å². The lowest BCUT2D eigenvalue weighted by Crippen LogP contribution is -2.30. The Kier molecular flexibility index (Phi) is 4.00. The first kappa shape index (κ1) is 14.0. The number of hydrogen-bond donors (Lipinski definition) is 4. The highest BCUT2D eigenvalue weighted by Gasteiger charge is 2.19. The third-order valence-electron chi connectivity index (χ3n) is 3.32. The van der Waals surface area contributed by atoms with Crippen LogP contribution in [0.5, 0.6) is 17.2 Å². The molecule has 2 rings (SSSR count). The minimum Gasteiger partial charge on any atom is -0.508 e. The summed E-state index contributed by atoms with van der Waals surface area (Å²) in [6.45, 7) is 0.301. The number of likely N-dealkylation sites (N-methyl/N-ethyl adjacent to an activating group) is 1.